The average Bonchev–Trinajstić information content (AvgIpc) is 4.07. The number of carbonyl (C=O) groups is 4. The third-order valence-electron chi connectivity index (χ3n) is 11.2. The molecule has 4 amide bonds. The van der Waals surface area contributed by atoms with Gasteiger partial charge in [-0.05, 0) is 54.5 Å². The van der Waals surface area contributed by atoms with Crippen LogP contribution in [0.4, 0.5) is 9.59 Å². The number of nitrogens with zero attached hydrogens (tertiary/aromatic N) is 4. The van der Waals surface area contributed by atoms with Gasteiger partial charge in [0.25, 0.3) is 0 Å². The monoisotopic (exact) mass is 848 g/mol. The van der Waals surface area contributed by atoms with Gasteiger partial charge in [0, 0.05) is 31.0 Å². The number of amides is 4. The molecule has 2 aliphatic rings. The Morgan fingerprint density at radius 3 is 1.90 bits per heavy atom. The number of thioether (sulfide) groups is 1. The van der Waals surface area contributed by atoms with Gasteiger partial charge in [0.15, 0.2) is 0 Å². The molecule has 316 valence electrons. The van der Waals surface area contributed by atoms with Gasteiger partial charge in [0.1, 0.15) is 34.6 Å². The highest BCUT2D eigenvalue weighted by atomic mass is 35.5. The number of alkyl carbamates (subject to hydrolysis) is 2. The molecule has 2 aromatic carbocycles. The number of aromatic nitrogens is 4. The van der Waals surface area contributed by atoms with Gasteiger partial charge in [-0.25, -0.2) is 19.6 Å². The van der Waals surface area contributed by atoms with Crippen molar-refractivity contribution in [2.24, 2.45) is 11.8 Å². The molecule has 17 heteroatoms. The fourth-order valence-corrected chi connectivity index (χ4v) is 8.74. The van der Waals surface area contributed by atoms with Gasteiger partial charge in [-0.2, -0.15) is 11.8 Å². The summed E-state index contributed by atoms with van der Waals surface area (Å²) in [7, 11) is 4.03. The van der Waals surface area contributed by atoms with E-state index in [1.807, 2.05) is 68.6 Å². The number of benzene rings is 2. The Hall–Kier alpha value is -5.06. The number of ether oxygens (including phenoxy) is 3. The van der Waals surface area contributed by atoms with Crippen molar-refractivity contribution in [3.05, 3.63) is 71.5 Å². The maximum Gasteiger partial charge on any atom is 0.407 e. The minimum atomic E-state index is -0.925. The predicted molar refractivity (Wildman–Crippen MR) is 227 cm³/mol. The van der Waals surface area contributed by atoms with E-state index >= 15 is 0 Å². The second-order valence-electron chi connectivity index (χ2n) is 15.5. The van der Waals surface area contributed by atoms with E-state index in [0.29, 0.717) is 48.4 Å². The van der Waals surface area contributed by atoms with E-state index in [4.69, 9.17) is 35.8 Å². The lowest BCUT2D eigenvalue weighted by atomic mass is 10.0. The maximum absolute atomic E-state index is 13.9. The molecule has 7 atom stereocenters. The molecule has 4 N–H and O–H groups in total. The van der Waals surface area contributed by atoms with Crippen LogP contribution < -0.4 is 10.6 Å². The fraction of sp³-hybridized carbons (Fsp3) is 0.476. The van der Waals surface area contributed by atoms with Crippen molar-refractivity contribution in [2.45, 2.75) is 76.1 Å². The smallest absolute Gasteiger partial charge is 0.407 e. The molecule has 6 rings (SSSR count). The number of hydrogen-bond donors (Lipinski definition) is 4. The van der Waals surface area contributed by atoms with E-state index in [2.05, 4.69) is 27.5 Å². The summed E-state index contributed by atoms with van der Waals surface area (Å²) in [5, 5.41) is 5.91. The lowest BCUT2D eigenvalue weighted by Gasteiger charge is -2.30. The van der Waals surface area contributed by atoms with Gasteiger partial charge < -0.3 is 44.6 Å². The lowest BCUT2D eigenvalue weighted by Crippen LogP contribution is -2.54. The van der Waals surface area contributed by atoms with Crippen molar-refractivity contribution < 1.29 is 33.4 Å². The highest BCUT2D eigenvalue weighted by Crippen LogP contribution is 2.39. The van der Waals surface area contributed by atoms with Gasteiger partial charge in [-0.15, -0.1) is 0 Å². The van der Waals surface area contributed by atoms with Gasteiger partial charge >= 0.3 is 12.2 Å². The largest absolute Gasteiger partial charge is 0.453 e. The zero-order valence-corrected chi connectivity index (χ0v) is 36.1. The first-order valence-corrected chi connectivity index (χ1v) is 21.3. The highest BCUT2D eigenvalue weighted by molar-refractivity contribution is 7.99. The lowest BCUT2D eigenvalue weighted by molar-refractivity contribution is -0.137. The van der Waals surface area contributed by atoms with Gasteiger partial charge in [-0.1, -0.05) is 80.9 Å². The summed E-state index contributed by atoms with van der Waals surface area (Å²) in [5.41, 5.74) is 5.18. The van der Waals surface area contributed by atoms with Crippen LogP contribution in [0.25, 0.3) is 33.6 Å². The van der Waals surface area contributed by atoms with Crippen molar-refractivity contribution in [3.63, 3.8) is 0 Å². The van der Waals surface area contributed by atoms with Crippen molar-refractivity contribution in [2.75, 3.05) is 40.7 Å². The van der Waals surface area contributed by atoms with E-state index in [0.717, 1.165) is 27.9 Å². The molecule has 2 aliphatic heterocycles. The normalized spacial score (nSPS) is 20.6. The molecular formula is C42H53ClN8O7S. The number of hydrogen-bond acceptors (Lipinski definition) is 10. The number of nitrogens with one attached hydrogen (secondary N) is 4. The Bertz CT molecular complexity index is 2110. The topological polar surface area (TPSA) is 184 Å². The van der Waals surface area contributed by atoms with Crippen LogP contribution in [-0.4, -0.2) is 118 Å². The maximum atomic E-state index is 13.9. The number of halogens is 1. The Balaban J connectivity index is 1.15. The molecule has 0 radical (unpaired) electrons. The summed E-state index contributed by atoms with van der Waals surface area (Å²) in [6.45, 7) is 8.63. The van der Waals surface area contributed by atoms with Gasteiger partial charge in [0.2, 0.25) is 11.8 Å². The summed E-state index contributed by atoms with van der Waals surface area (Å²) in [5.74, 6) is 0.899. The van der Waals surface area contributed by atoms with E-state index in [1.165, 1.54) is 21.3 Å². The number of rotatable bonds is 13. The van der Waals surface area contributed by atoms with Crippen LogP contribution in [0.3, 0.4) is 0 Å². The van der Waals surface area contributed by atoms with Gasteiger partial charge in [0.05, 0.1) is 44.3 Å². The first-order valence-electron chi connectivity index (χ1n) is 19.6. The van der Waals surface area contributed by atoms with E-state index in [1.54, 1.807) is 34.7 Å². The van der Waals surface area contributed by atoms with Crippen LogP contribution in [-0.2, 0) is 23.8 Å². The highest BCUT2D eigenvalue weighted by Gasteiger charge is 2.43. The van der Waals surface area contributed by atoms with Gasteiger partial charge in [-0.3, -0.25) is 9.59 Å². The Morgan fingerprint density at radius 1 is 0.780 bits per heavy atom. The molecule has 2 aromatic heterocycles. The average molecular weight is 849 g/mol. The predicted octanol–water partition coefficient (Wildman–Crippen LogP) is 6.84. The number of carbonyl (C=O) groups excluding carboxylic acids is 4. The first-order chi connectivity index (χ1) is 28.3. The van der Waals surface area contributed by atoms with Crippen LogP contribution in [0, 0.1) is 11.8 Å². The van der Waals surface area contributed by atoms with Crippen LogP contribution in [0.1, 0.15) is 64.3 Å². The molecule has 2 saturated heterocycles. The summed E-state index contributed by atoms with van der Waals surface area (Å²) < 4.78 is 15.0. The second-order valence-corrected chi connectivity index (χ2v) is 17.0. The van der Waals surface area contributed by atoms with E-state index in [-0.39, 0.29) is 41.0 Å². The van der Waals surface area contributed by atoms with Crippen LogP contribution in [0.15, 0.2) is 54.7 Å². The molecule has 2 fully saturated rings. The molecule has 0 unspecified atom stereocenters. The first kappa shape index (κ1) is 43.5. The third kappa shape index (κ3) is 9.55. The molecule has 15 nitrogen and oxygen atoms in total. The third-order valence-corrected chi connectivity index (χ3v) is 12.5. The zero-order chi connectivity index (χ0) is 42.5. The molecule has 0 bridgehead atoms. The summed E-state index contributed by atoms with van der Waals surface area (Å²) in [4.78, 5) is 71.6. The minimum Gasteiger partial charge on any atom is -0.453 e. The molecule has 0 spiro atoms. The number of aromatic amines is 2. The van der Waals surface area contributed by atoms with Crippen LogP contribution in [0.5, 0.6) is 0 Å². The Labute approximate surface area is 353 Å². The molecule has 4 heterocycles. The number of likely N-dealkylation sites (tertiary alicyclic amines) is 2. The summed E-state index contributed by atoms with van der Waals surface area (Å²) in [6, 6.07) is 13.8. The van der Waals surface area contributed by atoms with Crippen LogP contribution >= 0.6 is 23.4 Å². The quantitative estimate of drug-likeness (QED) is 0.111. The van der Waals surface area contributed by atoms with Crippen molar-refractivity contribution in [1.82, 2.24) is 40.4 Å². The SMILES string of the molecule is COC(=O)N[C@H](C(=O)N1C[C@H](C)C[C@H]1c1nc(-c2ccc(-c3ccc(-c4cnc([C@@H]5C[C@H](SC)CN5C(=O)[C@@H](NC(=O)OC)[C@@H](C)OC)[nH]4)cc3)cc2)c(Cl)[nH]1)C(C)C. The Morgan fingerprint density at radius 2 is 1.32 bits per heavy atom. The summed E-state index contributed by atoms with van der Waals surface area (Å²) in [6.07, 6.45) is 3.28. The fourth-order valence-electron chi connectivity index (χ4n) is 7.81. The molecular weight excluding hydrogens is 796 g/mol. The zero-order valence-electron chi connectivity index (χ0n) is 34.6. The number of H-pyrrole nitrogens is 2. The number of methoxy groups -OCH3 is 3. The standard InChI is InChI=1S/C42H53ClN8O7S/c1-22(2)33(47-41(54)57-6)39(52)50-20-23(3)17-31(50)38-46-35(36(43)49-38)28-15-11-26(12-16-28)25-9-13-27(14-10-25)30-19-44-37(45-30)32-18-29(59-8)21-51(32)40(53)34(24(4)56-5)48-42(55)58-7/h9-16,19,22-24,29,31-34H,17-18,20-21H2,1-8H3,(H,44,45)(H,46,49)(H,47,54)(H,48,55)/t23-,24-,29+,31+,32+,33+,34+/m1/s1. The molecule has 59 heavy (non-hydrogen) atoms. The minimum absolute atomic E-state index is 0.147. The van der Waals surface area contributed by atoms with Crippen molar-refractivity contribution in [1.29, 1.82) is 0 Å². The van der Waals surface area contributed by atoms with Crippen molar-refractivity contribution in [3.8, 4) is 33.6 Å². The molecule has 4 aromatic rings. The van der Waals surface area contributed by atoms with E-state index < -0.39 is 30.4 Å². The number of imidazole rings is 2. The molecule has 0 aliphatic carbocycles. The van der Waals surface area contributed by atoms with Crippen molar-refractivity contribution >= 4 is 47.4 Å². The second kappa shape index (κ2) is 18.9. The Kier molecular flexibility index (Phi) is 13.9. The van der Waals surface area contributed by atoms with Crippen LogP contribution in [0.2, 0.25) is 5.15 Å². The summed E-state index contributed by atoms with van der Waals surface area (Å²) >= 11 is 8.44. The van der Waals surface area contributed by atoms with E-state index in [9.17, 15) is 19.2 Å². The molecule has 0 saturated carbocycles.